The summed E-state index contributed by atoms with van der Waals surface area (Å²) in [5.41, 5.74) is 6.33. The second-order valence-electron chi connectivity index (χ2n) is 3.99. The van der Waals surface area contributed by atoms with Crippen molar-refractivity contribution in [2.75, 3.05) is 18.0 Å². The molecule has 1 unspecified atom stereocenters. The van der Waals surface area contributed by atoms with E-state index < -0.39 is 10.0 Å². The Bertz CT molecular complexity index is 453. The van der Waals surface area contributed by atoms with Crippen LogP contribution in [0.2, 0.25) is 0 Å². The van der Waals surface area contributed by atoms with E-state index in [4.69, 9.17) is 5.73 Å². The van der Waals surface area contributed by atoms with E-state index in [-0.39, 0.29) is 11.7 Å². The number of aromatic amines is 1. The van der Waals surface area contributed by atoms with Gasteiger partial charge < -0.3 is 5.73 Å². The summed E-state index contributed by atoms with van der Waals surface area (Å²) in [6, 6.07) is 0. The van der Waals surface area contributed by atoms with Crippen LogP contribution >= 0.6 is 0 Å². The van der Waals surface area contributed by atoms with E-state index in [0.717, 1.165) is 5.56 Å². The number of hydrogen-bond donors (Lipinski definition) is 2. The van der Waals surface area contributed by atoms with Crippen molar-refractivity contribution in [3.8, 4) is 0 Å². The topological polar surface area (TPSA) is 92.1 Å². The van der Waals surface area contributed by atoms with E-state index in [1.807, 2.05) is 6.92 Å². The third-order valence-electron chi connectivity index (χ3n) is 2.50. The molecule has 0 aromatic carbocycles. The molecule has 1 atom stereocenters. The van der Waals surface area contributed by atoms with Gasteiger partial charge in [0.15, 0.2) is 0 Å². The van der Waals surface area contributed by atoms with Crippen LogP contribution in [-0.2, 0) is 16.6 Å². The molecule has 3 N–H and O–H groups in total. The van der Waals surface area contributed by atoms with Crippen LogP contribution in [0.4, 0.5) is 5.82 Å². The molecule has 1 saturated heterocycles. The molecule has 0 saturated carbocycles. The molecular weight excluding hydrogens is 216 g/mol. The maximum atomic E-state index is 11.7. The van der Waals surface area contributed by atoms with Crippen LogP contribution in [-0.4, -0.2) is 35.2 Å². The molecule has 7 heteroatoms. The molecule has 0 radical (unpaired) electrons. The number of H-pyrrole nitrogens is 1. The monoisotopic (exact) mass is 230 g/mol. The smallest absolute Gasteiger partial charge is 0.214 e. The van der Waals surface area contributed by atoms with Crippen LogP contribution in [0.1, 0.15) is 12.5 Å². The highest BCUT2D eigenvalue weighted by atomic mass is 32.2. The molecule has 84 valence electrons. The van der Waals surface area contributed by atoms with Crippen LogP contribution in [0.3, 0.4) is 0 Å². The second-order valence-corrected chi connectivity index (χ2v) is 6.00. The van der Waals surface area contributed by atoms with E-state index in [1.165, 1.54) is 4.31 Å². The van der Waals surface area contributed by atoms with Crippen molar-refractivity contribution in [1.82, 2.24) is 14.5 Å². The SMILES string of the molecule is CC1CN(Cc2cn[nH]c2N)S(=O)(=O)C1. The van der Waals surface area contributed by atoms with Crippen molar-refractivity contribution >= 4 is 15.8 Å². The van der Waals surface area contributed by atoms with Crippen molar-refractivity contribution in [3.05, 3.63) is 11.8 Å². The Hall–Kier alpha value is -1.08. The fourth-order valence-electron chi connectivity index (χ4n) is 1.78. The number of nitrogens with two attached hydrogens (primary N) is 1. The maximum absolute atomic E-state index is 11.7. The van der Waals surface area contributed by atoms with E-state index in [2.05, 4.69) is 10.2 Å². The molecular formula is C8H14N4O2S. The van der Waals surface area contributed by atoms with Gasteiger partial charge in [-0.1, -0.05) is 6.92 Å². The van der Waals surface area contributed by atoms with Crippen LogP contribution in [0.15, 0.2) is 6.20 Å². The summed E-state index contributed by atoms with van der Waals surface area (Å²) in [5, 5.41) is 6.35. The molecule has 0 amide bonds. The van der Waals surface area contributed by atoms with Gasteiger partial charge in [-0.3, -0.25) is 5.10 Å². The Morgan fingerprint density at radius 2 is 2.47 bits per heavy atom. The lowest BCUT2D eigenvalue weighted by molar-refractivity contribution is 0.410. The lowest BCUT2D eigenvalue weighted by Gasteiger charge is -2.13. The van der Waals surface area contributed by atoms with Gasteiger partial charge in [0.1, 0.15) is 5.82 Å². The summed E-state index contributed by atoms with van der Waals surface area (Å²) >= 11 is 0. The van der Waals surface area contributed by atoms with Crippen molar-refractivity contribution < 1.29 is 8.42 Å². The van der Waals surface area contributed by atoms with E-state index >= 15 is 0 Å². The van der Waals surface area contributed by atoms with Crippen molar-refractivity contribution in [2.24, 2.45) is 5.92 Å². The van der Waals surface area contributed by atoms with Crippen LogP contribution < -0.4 is 5.73 Å². The summed E-state index contributed by atoms with van der Waals surface area (Å²) in [6.45, 7) is 2.80. The number of sulfonamides is 1. The van der Waals surface area contributed by atoms with Gasteiger partial charge in [0.2, 0.25) is 10.0 Å². The minimum absolute atomic E-state index is 0.183. The molecule has 0 bridgehead atoms. The van der Waals surface area contributed by atoms with Crippen LogP contribution in [0.5, 0.6) is 0 Å². The maximum Gasteiger partial charge on any atom is 0.214 e. The average Bonchev–Trinajstić information content (AvgIpc) is 2.59. The molecule has 1 fully saturated rings. The zero-order valence-corrected chi connectivity index (χ0v) is 9.29. The Morgan fingerprint density at radius 1 is 1.73 bits per heavy atom. The van der Waals surface area contributed by atoms with Crippen molar-refractivity contribution in [1.29, 1.82) is 0 Å². The van der Waals surface area contributed by atoms with Gasteiger partial charge in [-0.2, -0.15) is 9.40 Å². The minimum Gasteiger partial charge on any atom is -0.384 e. The summed E-state index contributed by atoms with van der Waals surface area (Å²) in [5.74, 6) is 0.845. The van der Waals surface area contributed by atoms with E-state index in [9.17, 15) is 8.42 Å². The fourth-order valence-corrected chi connectivity index (χ4v) is 3.63. The quantitative estimate of drug-likeness (QED) is 0.734. The third-order valence-corrected chi connectivity index (χ3v) is 4.56. The number of nitrogen functional groups attached to an aromatic ring is 1. The van der Waals surface area contributed by atoms with Crippen LogP contribution in [0, 0.1) is 5.92 Å². The standard InChI is InChI=1S/C8H14N4O2S/c1-6-3-12(15(13,14)5-6)4-7-2-10-11-8(7)9/h2,6H,3-5H2,1H3,(H3,9,10,11). The van der Waals surface area contributed by atoms with Gasteiger partial charge in [0, 0.05) is 18.7 Å². The zero-order chi connectivity index (χ0) is 11.1. The molecule has 2 heterocycles. The summed E-state index contributed by atoms with van der Waals surface area (Å²) in [4.78, 5) is 0. The molecule has 0 spiro atoms. The van der Waals surface area contributed by atoms with Gasteiger partial charge >= 0.3 is 0 Å². The Kier molecular flexibility index (Phi) is 2.43. The third kappa shape index (κ3) is 1.98. The first kappa shape index (κ1) is 10.4. The van der Waals surface area contributed by atoms with Crippen LogP contribution in [0.25, 0.3) is 0 Å². The van der Waals surface area contributed by atoms with Gasteiger partial charge in [-0.05, 0) is 5.92 Å². The highest BCUT2D eigenvalue weighted by Crippen LogP contribution is 2.22. The average molecular weight is 230 g/mol. The molecule has 1 aliphatic heterocycles. The largest absolute Gasteiger partial charge is 0.384 e. The number of hydrogen-bond acceptors (Lipinski definition) is 4. The highest BCUT2D eigenvalue weighted by Gasteiger charge is 2.33. The summed E-state index contributed by atoms with van der Waals surface area (Å²) < 4.78 is 24.8. The Balaban J connectivity index is 2.17. The number of rotatable bonds is 2. The predicted molar refractivity (Wildman–Crippen MR) is 56.4 cm³/mol. The molecule has 2 rings (SSSR count). The first-order chi connectivity index (χ1) is 6.99. The number of nitrogens with one attached hydrogen (secondary N) is 1. The Labute approximate surface area is 88.5 Å². The van der Waals surface area contributed by atoms with E-state index in [1.54, 1.807) is 6.20 Å². The Morgan fingerprint density at radius 3 is 2.93 bits per heavy atom. The highest BCUT2D eigenvalue weighted by molar-refractivity contribution is 7.89. The van der Waals surface area contributed by atoms with Gasteiger partial charge in [0.25, 0.3) is 0 Å². The van der Waals surface area contributed by atoms with E-state index in [0.29, 0.717) is 18.9 Å². The normalized spacial score (nSPS) is 25.8. The first-order valence-corrected chi connectivity index (χ1v) is 6.35. The van der Waals surface area contributed by atoms with Gasteiger partial charge in [-0.15, -0.1) is 0 Å². The first-order valence-electron chi connectivity index (χ1n) is 4.74. The number of aromatic nitrogens is 2. The van der Waals surface area contributed by atoms with Gasteiger partial charge in [-0.25, -0.2) is 8.42 Å². The number of anilines is 1. The zero-order valence-electron chi connectivity index (χ0n) is 8.47. The lowest BCUT2D eigenvalue weighted by atomic mass is 10.2. The summed E-state index contributed by atoms with van der Waals surface area (Å²) in [6.07, 6.45) is 1.56. The molecule has 1 aromatic heterocycles. The predicted octanol–water partition coefficient (Wildman–Crippen LogP) is -0.227. The fraction of sp³-hybridized carbons (Fsp3) is 0.625. The molecule has 1 aromatic rings. The molecule has 0 aliphatic carbocycles. The lowest BCUT2D eigenvalue weighted by Crippen LogP contribution is -2.25. The van der Waals surface area contributed by atoms with Gasteiger partial charge in [0.05, 0.1) is 11.9 Å². The number of nitrogens with zero attached hydrogens (tertiary/aromatic N) is 2. The second kappa shape index (κ2) is 3.49. The minimum atomic E-state index is -3.09. The molecule has 15 heavy (non-hydrogen) atoms. The molecule has 1 aliphatic rings. The molecule has 6 nitrogen and oxygen atoms in total. The van der Waals surface area contributed by atoms with Crippen molar-refractivity contribution in [3.63, 3.8) is 0 Å². The summed E-state index contributed by atoms with van der Waals surface area (Å²) in [7, 11) is -3.09. The van der Waals surface area contributed by atoms with Crippen molar-refractivity contribution in [2.45, 2.75) is 13.5 Å².